The first-order valence-corrected chi connectivity index (χ1v) is 5.11. The third-order valence-corrected chi connectivity index (χ3v) is 3.63. The number of alkyl halides is 1. The maximum atomic E-state index is 3.70. The molecule has 1 saturated heterocycles. The van der Waals surface area contributed by atoms with Gasteiger partial charge in [0, 0.05) is 4.83 Å². The van der Waals surface area contributed by atoms with Gasteiger partial charge in [-0.25, -0.2) is 0 Å². The molecule has 0 radical (unpaired) electrons. The number of nitrogens with one attached hydrogen (secondary N) is 1. The summed E-state index contributed by atoms with van der Waals surface area (Å²) in [6, 6.07) is 0. The van der Waals surface area contributed by atoms with Crippen LogP contribution in [0.1, 0.15) is 26.2 Å². The lowest BCUT2D eigenvalue weighted by Gasteiger charge is -2.26. The fraction of sp³-hybridized carbons (Fsp3) is 1.00. The topological polar surface area (TPSA) is 12.0 Å². The molecule has 0 saturated carbocycles. The van der Waals surface area contributed by atoms with E-state index in [1.54, 1.807) is 0 Å². The van der Waals surface area contributed by atoms with Gasteiger partial charge in [-0.1, -0.05) is 22.9 Å². The molecule has 0 aliphatic carbocycles. The highest BCUT2D eigenvalue weighted by molar-refractivity contribution is 9.09. The van der Waals surface area contributed by atoms with Crippen LogP contribution in [0, 0.1) is 5.92 Å². The Labute approximate surface area is 71.7 Å². The lowest BCUT2D eigenvalue weighted by atomic mass is 9.95. The molecule has 1 aliphatic heterocycles. The van der Waals surface area contributed by atoms with Crippen molar-refractivity contribution in [2.24, 2.45) is 5.92 Å². The summed E-state index contributed by atoms with van der Waals surface area (Å²) in [5.74, 6) is 0.874. The Morgan fingerprint density at radius 2 is 2.50 bits per heavy atom. The first-order chi connectivity index (χ1) is 4.84. The first-order valence-electron chi connectivity index (χ1n) is 4.19. The summed E-state index contributed by atoms with van der Waals surface area (Å²) in [7, 11) is 0. The summed E-state index contributed by atoms with van der Waals surface area (Å²) in [4.78, 5) is 0.736. The minimum Gasteiger partial charge on any atom is -0.316 e. The molecular weight excluding hydrogens is 190 g/mol. The number of rotatable bonds is 2. The lowest BCUT2D eigenvalue weighted by molar-refractivity contribution is 0.367. The SMILES string of the molecule is CCC(Br)C1CCCNC1. The molecule has 0 spiro atoms. The zero-order valence-corrected chi connectivity index (χ0v) is 8.15. The van der Waals surface area contributed by atoms with Gasteiger partial charge in [0.05, 0.1) is 0 Å². The molecular formula is C8H16BrN. The first kappa shape index (κ1) is 8.54. The second kappa shape index (κ2) is 4.35. The molecule has 0 aromatic carbocycles. The number of hydrogen-bond acceptors (Lipinski definition) is 1. The Morgan fingerprint density at radius 3 is 3.00 bits per heavy atom. The Morgan fingerprint density at radius 1 is 1.70 bits per heavy atom. The Kier molecular flexibility index (Phi) is 3.71. The fourth-order valence-corrected chi connectivity index (χ4v) is 1.97. The molecule has 1 N–H and O–H groups in total. The third-order valence-electron chi connectivity index (χ3n) is 2.24. The van der Waals surface area contributed by atoms with Crippen LogP contribution in [-0.2, 0) is 0 Å². The second-order valence-corrected chi connectivity index (χ2v) is 4.21. The van der Waals surface area contributed by atoms with E-state index < -0.39 is 0 Å². The van der Waals surface area contributed by atoms with Gasteiger partial charge in [-0.3, -0.25) is 0 Å². The van der Waals surface area contributed by atoms with E-state index in [9.17, 15) is 0 Å². The molecule has 1 heterocycles. The zero-order chi connectivity index (χ0) is 7.40. The van der Waals surface area contributed by atoms with Gasteiger partial charge in [-0.05, 0) is 38.3 Å². The van der Waals surface area contributed by atoms with Gasteiger partial charge in [0.1, 0.15) is 0 Å². The quantitative estimate of drug-likeness (QED) is 0.682. The third kappa shape index (κ3) is 2.24. The van der Waals surface area contributed by atoms with Gasteiger partial charge in [-0.15, -0.1) is 0 Å². The predicted octanol–water partition coefficient (Wildman–Crippen LogP) is 2.16. The summed E-state index contributed by atoms with van der Waals surface area (Å²) in [6.45, 7) is 4.68. The average Bonchev–Trinajstić information content (AvgIpc) is 2.05. The molecule has 1 nitrogen and oxygen atoms in total. The van der Waals surface area contributed by atoms with Crippen LogP contribution in [0.25, 0.3) is 0 Å². The molecule has 2 atom stereocenters. The maximum Gasteiger partial charge on any atom is 0.0183 e. The minimum absolute atomic E-state index is 0.736. The minimum atomic E-state index is 0.736. The van der Waals surface area contributed by atoms with Crippen molar-refractivity contribution >= 4 is 15.9 Å². The van der Waals surface area contributed by atoms with E-state index in [1.807, 2.05) is 0 Å². The molecule has 2 heteroatoms. The molecule has 60 valence electrons. The van der Waals surface area contributed by atoms with E-state index >= 15 is 0 Å². The zero-order valence-electron chi connectivity index (χ0n) is 6.57. The average molecular weight is 206 g/mol. The van der Waals surface area contributed by atoms with Crippen molar-refractivity contribution in [1.29, 1.82) is 0 Å². The highest BCUT2D eigenvalue weighted by Crippen LogP contribution is 2.22. The van der Waals surface area contributed by atoms with Crippen molar-refractivity contribution in [2.45, 2.75) is 31.0 Å². The van der Waals surface area contributed by atoms with E-state index in [1.165, 1.54) is 32.4 Å². The summed E-state index contributed by atoms with van der Waals surface area (Å²) in [6.07, 6.45) is 4.01. The van der Waals surface area contributed by atoms with Crippen LogP contribution in [0.15, 0.2) is 0 Å². The van der Waals surface area contributed by atoms with E-state index in [2.05, 4.69) is 28.2 Å². The predicted molar refractivity (Wildman–Crippen MR) is 48.6 cm³/mol. The summed E-state index contributed by atoms with van der Waals surface area (Å²) in [5, 5.41) is 3.42. The highest BCUT2D eigenvalue weighted by Gasteiger charge is 2.18. The lowest BCUT2D eigenvalue weighted by Crippen LogP contribution is -2.34. The molecule has 10 heavy (non-hydrogen) atoms. The Hall–Kier alpha value is 0.440. The van der Waals surface area contributed by atoms with E-state index in [0.29, 0.717) is 0 Å². The monoisotopic (exact) mass is 205 g/mol. The van der Waals surface area contributed by atoms with Crippen LogP contribution in [0.4, 0.5) is 0 Å². The fourth-order valence-electron chi connectivity index (χ4n) is 1.52. The van der Waals surface area contributed by atoms with Crippen molar-refractivity contribution in [3.05, 3.63) is 0 Å². The van der Waals surface area contributed by atoms with Gasteiger partial charge in [-0.2, -0.15) is 0 Å². The van der Waals surface area contributed by atoms with Crippen LogP contribution >= 0.6 is 15.9 Å². The molecule has 1 aliphatic rings. The number of piperidine rings is 1. The van der Waals surface area contributed by atoms with Crippen molar-refractivity contribution in [3.63, 3.8) is 0 Å². The van der Waals surface area contributed by atoms with Crippen LogP contribution in [0.5, 0.6) is 0 Å². The normalized spacial score (nSPS) is 30.0. The standard InChI is InChI=1S/C8H16BrN/c1-2-8(9)7-4-3-5-10-6-7/h7-8,10H,2-6H2,1H3. The molecule has 0 aromatic heterocycles. The second-order valence-electron chi connectivity index (χ2n) is 3.03. The van der Waals surface area contributed by atoms with E-state index in [4.69, 9.17) is 0 Å². The smallest absolute Gasteiger partial charge is 0.0183 e. The van der Waals surface area contributed by atoms with Gasteiger partial charge in [0.15, 0.2) is 0 Å². The summed E-state index contributed by atoms with van der Waals surface area (Å²) >= 11 is 3.70. The Balaban J connectivity index is 2.24. The van der Waals surface area contributed by atoms with Crippen molar-refractivity contribution < 1.29 is 0 Å². The molecule has 1 fully saturated rings. The van der Waals surface area contributed by atoms with Crippen LogP contribution in [0.2, 0.25) is 0 Å². The van der Waals surface area contributed by atoms with Crippen LogP contribution < -0.4 is 5.32 Å². The molecule has 1 rings (SSSR count). The molecule has 2 unspecified atom stereocenters. The largest absolute Gasteiger partial charge is 0.316 e. The van der Waals surface area contributed by atoms with Crippen molar-refractivity contribution in [1.82, 2.24) is 5.32 Å². The van der Waals surface area contributed by atoms with Crippen LogP contribution in [-0.4, -0.2) is 17.9 Å². The molecule has 0 aromatic rings. The summed E-state index contributed by atoms with van der Waals surface area (Å²) < 4.78 is 0. The van der Waals surface area contributed by atoms with E-state index in [-0.39, 0.29) is 0 Å². The van der Waals surface area contributed by atoms with Crippen molar-refractivity contribution in [3.8, 4) is 0 Å². The number of halogens is 1. The Bertz CT molecular complexity index is 89.3. The van der Waals surface area contributed by atoms with Gasteiger partial charge in [0.2, 0.25) is 0 Å². The summed E-state index contributed by atoms with van der Waals surface area (Å²) in [5.41, 5.74) is 0. The number of hydrogen-bond donors (Lipinski definition) is 1. The maximum absolute atomic E-state index is 3.70. The van der Waals surface area contributed by atoms with Gasteiger partial charge < -0.3 is 5.32 Å². The van der Waals surface area contributed by atoms with Gasteiger partial charge in [0.25, 0.3) is 0 Å². The van der Waals surface area contributed by atoms with E-state index in [0.717, 1.165) is 10.7 Å². The van der Waals surface area contributed by atoms with Gasteiger partial charge >= 0.3 is 0 Å². The molecule has 0 bridgehead atoms. The molecule has 0 amide bonds. The van der Waals surface area contributed by atoms with Crippen LogP contribution in [0.3, 0.4) is 0 Å². The highest BCUT2D eigenvalue weighted by atomic mass is 79.9. The van der Waals surface area contributed by atoms with Crippen molar-refractivity contribution in [2.75, 3.05) is 13.1 Å².